The van der Waals surface area contributed by atoms with Crippen molar-refractivity contribution in [1.82, 2.24) is 14.8 Å². The maximum atomic E-state index is 12.6. The Bertz CT molecular complexity index is 1090. The second-order valence-electron chi connectivity index (χ2n) is 6.86. The van der Waals surface area contributed by atoms with E-state index in [1.165, 1.54) is 11.8 Å². The number of anilines is 1. The van der Waals surface area contributed by atoms with Crippen LogP contribution in [0, 0.1) is 6.92 Å². The van der Waals surface area contributed by atoms with Crippen LogP contribution < -0.4 is 4.90 Å². The van der Waals surface area contributed by atoms with Crippen molar-refractivity contribution < 1.29 is 9.59 Å². The number of likely N-dealkylation sites (N-methyl/N-ethyl adjacent to an activating group) is 1. The quantitative estimate of drug-likeness (QED) is 0.492. The van der Waals surface area contributed by atoms with E-state index in [2.05, 4.69) is 10.2 Å². The van der Waals surface area contributed by atoms with Gasteiger partial charge in [-0.3, -0.25) is 9.59 Å². The largest absolute Gasteiger partial charge is 0.315 e. The summed E-state index contributed by atoms with van der Waals surface area (Å²) in [5.41, 5.74) is 4.57. The van der Waals surface area contributed by atoms with Gasteiger partial charge in [-0.1, -0.05) is 36.0 Å². The van der Waals surface area contributed by atoms with E-state index in [0.29, 0.717) is 17.1 Å². The van der Waals surface area contributed by atoms with Gasteiger partial charge in [0.25, 0.3) is 0 Å². The average Bonchev–Trinajstić information content (AvgIpc) is 3.19. The predicted octanol–water partition coefficient (Wildman–Crippen LogP) is 3.28. The highest BCUT2D eigenvalue weighted by Crippen LogP contribution is 2.29. The highest BCUT2D eigenvalue weighted by molar-refractivity contribution is 7.99. The number of nitrogens with zero attached hydrogens (tertiary/aromatic N) is 4. The van der Waals surface area contributed by atoms with Crippen LogP contribution in [0.2, 0.25) is 0 Å². The third-order valence-corrected chi connectivity index (χ3v) is 6.05. The fourth-order valence-corrected chi connectivity index (χ4v) is 4.16. The molecule has 28 heavy (non-hydrogen) atoms. The number of carbonyl (C=O) groups excluding carboxylic acids is 2. The molecule has 0 N–H and O–H groups in total. The number of fused-ring (bicyclic) bond motifs is 1. The number of thioether (sulfide) groups is 1. The van der Waals surface area contributed by atoms with Crippen molar-refractivity contribution in [2.24, 2.45) is 7.05 Å². The van der Waals surface area contributed by atoms with Crippen molar-refractivity contribution in [3.05, 3.63) is 59.2 Å². The maximum Gasteiger partial charge on any atom is 0.231 e. The van der Waals surface area contributed by atoms with Crippen LogP contribution in [0.25, 0.3) is 11.4 Å². The molecule has 1 amide bonds. The highest BCUT2D eigenvalue weighted by atomic mass is 32.2. The van der Waals surface area contributed by atoms with E-state index in [1.807, 2.05) is 54.9 Å². The second kappa shape index (κ2) is 7.24. The van der Waals surface area contributed by atoms with Gasteiger partial charge in [0.15, 0.2) is 16.8 Å². The molecule has 0 atom stereocenters. The number of rotatable bonds is 5. The summed E-state index contributed by atoms with van der Waals surface area (Å²) in [6, 6.07) is 13.5. The van der Waals surface area contributed by atoms with Crippen LogP contribution in [0.4, 0.5) is 5.69 Å². The summed E-state index contributed by atoms with van der Waals surface area (Å²) in [5, 5.41) is 9.25. The molecule has 0 aliphatic carbocycles. The first-order valence-corrected chi connectivity index (χ1v) is 9.95. The van der Waals surface area contributed by atoms with Crippen molar-refractivity contribution in [1.29, 1.82) is 0 Å². The molecule has 1 aliphatic heterocycles. The second-order valence-corrected chi connectivity index (χ2v) is 7.81. The lowest BCUT2D eigenvalue weighted by atomic mass is 10.1. The lowest BCUT2D eigenvalue weighted by molar-refractivity contribution is -0.117. The average molecular weight is 392 g/mol. The van der Waals surface area contributed by atoms with Gasteiger partial charge < -0.3 is 9.47 Å². The van der Waals surface area contributed by atoms with Gasteiger partial charge in [0.2, 0.25) is 5.91 Å². The summed E-state index contributed by atoms with van der Waals surface area (Å²) in [6.07, 6.45) is 0.350. The summed E-state index contributed by atoms with van der Waals surface area (Å²) in [6.45, 7) is 2.04. The summed E-state index contributed by atoms with van der Waals surface area (Å²) in [7, 11) is 3.66. The summed E-state index contributed by atoms with van der Waals surface area (Å²) >= 11 is 1.37. The number of amides is 1. The Morgan fingerprint density at radius 3 is 2.71 bits per heavy atom. The van der Waals surface area contributed by atoms with Crippen molar-refractivity contribution in [3.8, 4) is 11.4 Å². The van der Waals surface area contributed by atoms with Gasteiger partial charge in [-0.2, -0.15) is 0 Å². The Labute approximate surface area is 167 Å². The third kappa shape index (κ3) is 3.22. The number of Topliss-reactive ketones (excluding diaryl/α,β-unsaturated/α-hetero) is 1. The highest BCUT2D eigenvalue weighted by Gasteiger charge is 2.25. The molecule has 7 heteroatoms. The van der Waals surface area contributed by atoms with Gasteiger partial charge in [0.1, 0.15) is 0 Å². The molecule has 2 aromatic carbocycles. The molecule has 0 saturated carbocycles. The molecule has 1 aliphatic rings. The van der Waals surface area contributed by atoms with Gasteiger partial charge in [0.05, 0.1) is 12.2 Å². The molecule has 0 saturated heterocycles. The van der Waals surface area contributed by atoms with Gasteiger partial charge in [-0.25, -0.2) is 0 Å². The van der Waals surface area contributed by atoms with Gasteiger partial charge in [-0.15, -0.1) is 10.2 Å². The van der Waals surface area contributed by atoms with E-state index in [4.69, 9.17) is 0 Å². The van der Waals surface area contributed by atoms with E-state index >= 15 is 0 Å². The Balaban J connectivity index is 1.49. The number of hydrogen-bond donors (Lipinski definition) is 0. The number of hydrogen-bond acceptors (Lipinski definition) is 5. The molecule has 2 heterocycles. The van der Waals surface area contributed by atoms with Gasteiger partial charge >= 0.3 is 0 Å². The molecule has 1 aromatic heterocycles. The molecular formula is C21H20N4O2S. The normalized spacial score (nSPS) is 13.1. The van der Waals surface area contributed by atoms with Crippen LogP contribution in [-0.4, -0.2) is 39.3 Å². The standard InChI is InChI=1S/C21H20N4O2S/c1-13-6-4-5-7-16(13)20-22-23-21(25(20)3)28-12-18(26)14-8-9-17-15(10-14)11-19(27)24(17)2/h4-10H,11-12H2,1-3H3. The smallest absolute Gasteiger partial charge is 0.231 e. The Kier molecular flexibility index (Phi) is 4.77. The zero-order valence-corrected chi connectivity index (χ0v) is 16.8. The summed E-state index contributed by atoms with van der Waals surface area (Å²) < 4.78 is 1.91. The lowest BCUT2D eigenvalue weighted by Crippen LogP contribution is -2.20. The van der Waals surface area contributed by atoms with Crippen LogP contribution in [0.15, 0.2) is 47.6 Å². The number of aromatic nitrogens is 3. The number of carbonyl (C=O) groups is 2. The minimum atomic E-state index is 0.00948. The molecule has 3 aromatic rings. The van der Waals surface area contributed by atoms with E-state index in [0.717, 1.165) is 28.2 Å². The lowest BCUT2D eigenvalue weighted by Gasteiger charge is -2.10. The minimum Gasteiger partial charge on any atom is -0.315 e. The first-order valence-electron chi connectivity index (χ1n) is 8.96. The van der Waals surface area contributed by atoms with Crippen LogP contribution >= 0.6 is 11.8 Å². The fourth-order valence-electron chi connectivity index (χ4n) is 3.36. The van der Waals surface area contributed by atoms with Crippen molar-refractivity contribution >= 4 is 29.1 Å². The number of benzene rings is 2. The fraction of sp³-hybridized carbons (Fsp3) is 0.238. The van der Waals surface area contributed by atoms with Gasteiger partial charge in [0, 0.05) is 30.9 Å². The molecule has 0 bridgehead atoms. The predicted molar refractivity (Wildman–Crippen MR) is 110 cm³/mol. The maximum absolute atomic E-state index is 12.6. The molecule has 4 rings (SSSR count). The van der Waals surface area contributed by atoms with Crippen LogP contribution in [0.3, 0.4) is 0 Å². The van der Waals surface area contributed by atoms with E-state index in [-0.39, 0.29) is 17.4 Å². The number of ketones is 1. The topological polar surface area (TPSA) is 68.1 Å². The minimum absolute atomic E-state index is 0.00948. The Morgan fingerprint density at radius 1 is 1.14 bits per heavy atom. The molecule has 0 fully saturated rings. The number of aryl methyl sites for hydroxylation is 1. The van der Waals surface area contributed by atoms with E-state index < -0.39 is 0 Å². The first-order chi connectivity index (χ1) is 13.5. The zero-order valence-electron chi connectivity index (χ0n) is 16.0. The molecular weight excluding hydrogens is 372 g/mol. The molecule has 142 valence electrons. The van der Waals surface area contributed by atoms with Crippen LogP contribution in [0.5, 0.6) is 0 Å². The van der Waals surface area contributed by atoms with Crippen molar-refractivity contribution in [3.63, 3.8) is 0 Å². The van der Waals surface area contributed by atoms with Gasteiger partial charge in [-0.05, 0) is 36.2 Å². The zero-order chi connectivity index (χ0) is 19.8. The van der Waals surface area contributed by atoms with E-state index in [1.54, 1.807) is 18.0 Å². The summed E-state index contributed by atoms with van der Waals surface area (Å²) in [4.78, 5) is 26.1. The SMILES string of the molecule is Cc1ccccc1-c1nnc(SCC(=O)c2ccc3c(c2)CC(=O)N3C)n1C. The third-order valence-electron chi connectivity index (χ3n) is 5.03. The van der Waals surface area contributed by atoms with E-state index in [9.17, 15) is 9.59 Å². The van der Waals surface area contributed by atoms with Crippen molar-refractivity contribution in [2.75, 3.05) is 17.7 Å². The first kappa shape index (κ1) is 18.4. The summed E-state index contributed by atoms with van der Waals surface area (Å²) in [5.74, 6) is 1.11. The Hall–Kier alpha value is -2.93. The van der Waals surface area contributed by atoms with Crippen molar-refractivity contribution in [2.45, 2.75) is 18.5 Å². The Morgan fingerprint density at radius 2 is 1.93 bits per heavy atom. The molecule has 0 spiro atoms. The van der Waals surface area contributed by atoms with Crippen LogP contribution in [-0.2, 0) is 18.3 Å². The molecule has 0 radical (unpaired) electrons. The molecule has 6 nitrogen and oxygen atoms in total. The molecule has 0 unspecified atom stereocenters. The monoisotopic (exact) mass is 392 g/mol. The van der Waals surface area contributed by atoms with Crippen LogP contribution in [0.1, 0.15) is 21.5 Å².